The summed E-state index contributed by atoms with van der Waals surface area (Å²) in [6.07, 6.45) is 0.716. The molecule has 2 N–H and O–H groups in total. The molecule has 11 heteroatoms. The Kier molecular flexibility index (Phi) is 6.78. The maximum absolute atomic E-state index is 12.6. The summed E-state index contributed by atoms with van der Waals surface area (Å²) in [5, 5.41) is 13.8. The van der Waals surface area contributed by atoms with E-state index in [1.54, 1.807) is 0 Å². The van der Waals surface area contributed by atoms with Crippen LogP contribution in [0.1, 0.15) is 22.6 Å². The Hall–Kier alpha value is -4.25. The maximum Gasteiger partial charge on any atom is 0.270 e. The van der Waals surface area contributed by atoms with Crippen LogP contribution in [0.2, 0.25) is 0 Å². The largest absolute Gasteiger partial charge is 0.352 e. The Morgan fingerprint density at radius 2 is 1.80 bits per heavy atom. The van der Waals surface area contributed by atoms with E-state index in [-0.39, 0.29) is 22.2 Å². The average molecular weight is 494 g/mol. The fourth-order valence-corrected chi connectivity index (χ4v) is 4.79. The second-order valence-corrected chi connectivity index (χ2v) is 9.53. The number of rotatable bonds is 9. The van der Waals surface area contributed by atoms with Gasteiger partial charge in [0.25, 0.3) is 21.6 Å². The lowest BCUT2D eigenvalue weighted by Gasteiger charge is -2.10. The number of nitro groups is 1. The van der Waals surface area contributed by atoms with Gasteiger partial charge in [0.15, 0.2) is 0 Å². The Labute approximate surface area is 201 Å². The quantitative estimate of drug-likeness (QED) is 0.206. The number of fused-ring (bicyclic) bond motifs is 1. The normalized spacial score (nSPS) is 11.3. The Morgan fingerprint density at radius 1 is 1.06 bits per heavy atom. The van der Waals surface area contributed by atoms with E-state index in [9.17, 15) is 23.3 Å². The molecule has 35 heavy (non-hydrogen) atoms. The number of sulfonamides is 1. The van der Waals surface area contributed by atoms with E-state index < -0.39 is 14.9 Å². The first-order chi connectivity index (χ1) is 16.7. The van der Waals surface area contributed by atoms with Gasteiger partial charge < -0.3 is 9.88 Å². The van der Waals surface area contributed by atoms with Gasteiger partial charge in [-0.05, 0) is 55.8 Å². The molecule has 0 spiro atoms. The SMILES string of the molecule is Cc1nc2ccccc2n1CCCNC(=O)c1ccc(NS(=O)(=O)c2cccc([N+](=O)[O-])c2)cc1. The van der Waals surface area contributed by atoms with Crippen LogP contribution in [0.15, 0.2) is 77.7 Å². The first-order valence-electron chi connectivity index (χ1n) is 10.8. The zero-order valence-electron chi connectivity index (χ0n) is 18.8. The molecule has 1 aromatic heterocycles. The van der Waals surface area contributed by atoms with Gasteiger partial charge in [0.1, 0.15) is 5.82 Å². The minimum Gasteiger partial charge on any atom is -0.352 e. The van der Waals surface area contributed by atoms with Crippen LogP contribution in [-0.4, -0.2) is 35.3 Å². The molecule has 3 aromatic carbocycles. The lowest BCUT2D eigenvalue weighted by molar-refractivity contribution is -0.385. The zero-order chi connectivity index (χ0) is 25.0. The number of non-ortho nitro benzene ring substituents is 1. The van der Waals surface area contributed by atoms with Crippen molar-refractivity contribution < 1.29 is 18.1 Å². The number of anilines is 1. The molecular weight excluding hydrogens is 470 g/mol. The molecular formula is C24H23N5O5S. The molecule has 1 amide bonds. The van der Waals surface area contributed by atoms with Crippen molar-refractivity contribution in [3.63, 3.8) is 0 Å². The molecule has 0 unspecified atom stereocenters. The number of nitro benzene ring substituents is 1. The second-order valence-electron chi connectivity index (χ2n) is 7.85. The summed E-state index contributed by atoms with van der Waals surface area (Å²) in [7, 11) is -4.02. The molecule has 0 radical (unpaired) electrons. The van der Waals surface area contributed by atoms with Crippen LogP contribution < -0.4 is 10.0 Å². The first-order valence-corrected chi connectivity index (χ1v) is 12.3. The molecule has 4 aromatic rings. The van der Waals surface area contributed by atoms with Gasteiger partial charge in [0, 0.05) is 36.5 Å². The lowest BCUT2D eigenvalue weighted by Crippen LogP contribution is -2.25. The summed E-state index contributed by atoms with van der Waals surface area (Å²) in [5.41, 5.74) is 2.29. The molecule has 0 aliphatic heterocycles. The van der Waals surface area contributed by atoms with Crippen LogP contribution in [0.5, 0.6) is 0 Å². The van der Waals surface area contributed by atoms with Gasteiger partial charge in [-0.2, -0.15) is 0 Å². The van der Waals surface area contributed by atoms with Crippen molar-refractivity contribution >= 4 is 38.3 Å². The minimum atomic E-state index is -4.02. The molecule has 0 fully saturated rings. The highest BCUT2D eigenvalue weighted by molar-refractivity contribution is 7.92. The summed E-state index contributed by atoms with van der Waals surface area (Å²) in [6, 6.07) is 18.6. The third-order valence-electron chi connectivity index (χ3n) is 5.43. The first kappa shape index (κ1) is 23.9. The van der Waals surface area contributed by atoms with E-state index in [0.717, 1.165) is 22.9 Å². The topological polar surface area (TPSA) is 136 Å². The number of hydrogen-bond donors (Lipinski definition) is 2. The van der Waals surface area contributed by atoms with Crippen LogP contribution in [0.25, 0.3) is 11.0 Å². The summed E-state index contributed by atoms with van der Waals surface area (Å²) in [6.45, 7) is 3.13. The van der Waals surface area contributed by atoms with Gasteiger partial charge in [-0.25, -0.2) is 13.4 Å². The van der Waals surface area contributed by atoms with Crippen LogP contribution in [-0.2, 0) is 16.6 Å². The van der Waals surface area contributed by atoms with E-state index in [4.69, 9.17) is 0 Å². The van der Waals surface area contributed by atoms with Gasteiger partial charge in [-0.3, -0.25) is 19.6 Å². The van der Waals surface area contributed by atoms with Crippen LogP contribution in [0.4, 0.5) is 11.4 Å². The summed E-state index contributed by atoms with van der Waals surface area (Å²) < 4.78 is 29.6. The van der Waals surface area contributed by atoms with Crippen molar-refractivity contribution in [2.75, 3.05) is 11.3 Å². The molecule has 0 bridgehead atoms. The number of hydrogen-bond acceptors (Lipinski definition) is 6. The predicted molar refractivity (Wildman–Crippen MR) is 132 cm³/mol. The van der Waals surface area contributed by atoms with Gasteiger partial charge in [0.2, 0.25) is 0 Å². The molecule has 4 rings (SSSR count). The minimum absolute atomic E-state index is 0.227. The second kappa shape index (κ2) is 9.94. The van der Waals surface area contributed by atoms with E-state index in [2.05, 4.69) is 19.6 Å². The number of aryl methyl sites for hydroxylation is 2. The number of nitrogens with zero attached hydrogens (tertiary/aromatic N) is 3. The lowest BCUT2D eigenvalue weighted by atomic mass is 10.2. The van der Waals surface area contributed by atoms with Crippen molar-refractivity contribution in [3.05, 3.63) is 94.3 Å². The predicted octanol–water partition coefficient (Wildman–Crippen LogP) is 3.87. The van der Waals surface area contributed by atoms with Crippen molar-refractivity contribution in [2.24, 2.45) is 0 Å². The van der Waals surface area contributed by atoms with E-state index in [1.165, 1.54) is 42.5 Å². The number of aromatic nitrogens is 2. The summed E-state index contributed by atoms with van der Waals surface area (Å²) >= 11 is 0. The highest BCUT2D eigenvalue weighted by atomic mass is 32.2. The Morgan fingerprint density at radius 3 is 2.54 bits per heavy atom. The molecule has 0 saturated heterocycles. The number of imidazole rings is 1. The zero-order valence-corrected chi connectivity index (χ0v) is 19.7. The van der Waals surface area contributed by atoms with E-state index >= 15 is 0 Å². The maximum atomic E-state index is 12.6. The molecule has 0 saturated carbocycles. The highest BCUT2D eigenvalue weighted by Crippen LogP contribution is 2.21. The monoisotopic (exact) mass is 493 g/mol. The third kappa shape index (κ3) is 5.46. The van der Waals surface area contributed by atoms with Crippen LogP contribution >= 0.6 is 0 Å². The van der Waals surface area contributed by atoms with Gasteiger partial charge in [0.05, 0.1) is 20.9 Å². The number of benzene rings is 3. The Bertz CT molecular complexity index is 1500. The molecule has 0 atom stereocenters. The molecule has 10 nitrogen and oxygen atoms in total. The smallest absolute Gasteiger partial charge is 0.270 e. The molecule has 0 aliphatic rings. The van der Waals surface area contributed by atoms with E-state index in [0.29, 0.717) is 25.1 Å². The fraction of sp³-hybridized carbons (Fsp3) is 0.167. The van der Waals surface area contributed by atoms with Gasteiger partial charge in [-0.1, -0.05) is 18.2 Å². The number of carbonyl (C=O) groups is 1. The average Bonchev–Trinajstić information content (AvgIpc) is 3.17. The van der Waals surface area contributed by atoms with Crippen LogP contribution in [0.3, 0.4) is 0 Å². The van der Waals surface area contributed by atoms with E-state index in [1.807, 2.05) is 31.2 Å². The van der Waals surface area contributed by atoms with Crippen molar-refractivity contribution in [1.82, 2.24) is 14.9 Å². The highest BCUT2D eigenvalue weighted by Gasteiger charge is 2.18. The fourth-order valence-electron chi connectivity index (χ4n) is 3.69. The van der Waals surface area contributed by atoms with Crippen LogP contribution in [0, 0.1) is 17.0 Å². The molecule has 180 valence electrons. The van der Waals surface area contributed by atoms with Gasteiger partial charge >= 0.3 is 0 Å². The Balaban J connectivity index is 1.33. The standard InChI is InChI=1S/C24H23N5O5S/c1-17-26-22-8-2-3-9-23(22)28(17)15-5-14-25-24(30)18-10-12-19(13-11-18)27-35(33,34)21-7-4-6-20(16-21)29(31)32/h2-4,6-13,16,27H,5,14-15H2,1H3,(H,25,30). The van der Waals surface area contributed by atoms with Gasteiger partial charge in [-0.15, -0.1) is 0 Å². The third-order valence-corrected chi connectivity index (χ3v) is 6.81. The summed E-state index contributed by atoms with van der Waals surface area (Å²) in [5.74, 6) is 0.644. The molecule has 0 aliphatic carbocycles. The van der Waals surface area contributed by atoms with Crippen molar-refractivity contribution in [3.8, 4) is 0 Å². The number of nitrogens with one attached hydrogen (secondary N) is 2. The molecule has 1 heterocycles. The number of para-hydroxylation sites is 2. The van der Waals surface area contributed by atoms with Crippen molar-refractivity contribution in [1.29, 1.82) is 0 Å². The number of carbonyl (C=O) groups excluding carboxylic acids is 1. The van der Waals surface area contributed by atoms with Crippen molar-refractivity contribution in [2.45, 2.75) is 24.8 Å². The summed E-state index contributed by atoms with van der Waals surface area (Å²) in [4.78, 5) is 27.0. The number of amides is 1.